The number of nitrogens with zero attached hydrogens (tertiary/aromatic N) is 1. The van der Waals surface area contributed by atoms with Crippen molar-refractivity contribution in [2.45, 2.75) is 19.4 Å². The second-order valence-electron chi connectivity index (χ2n) is 3.34. The summed E-state index contributed by atoms with van der Waals surface area (Å²) in [4.78, 5) is 12.1. The molecule has 0 aromatic rings. The van der Waals surface area contributed by atoms with Crippen LogP contribution >= 0.6 is 0 Å². The first-order valence-corrected chi connectivity index (χ1v) is 3.69. The largest absolute Gasteiger partial charge is 0.465 e. The van der Waals surface area contributed by atoms with Crippen molar-refractivity contribution in [3.63, 3.8) is 0 Å². The molecule has 1 saturated heterocycles. The fourth-order valence-corrected chi connectivity index (χ4v) is 1.97. The minimum Gasteiger partial charge on any atom is -0.465 e. The standard InChI is InChI=1S/C7H11NO2/c1-4-6-2-5(6)3-8(4)7(9)10/h4-6H,2-3H2,1H3,(H,9,10)/t4-,5+,6-/m1/s1. The van der Waals surface area contributed by atoms with Gasteiger partial charge in [0.2, 0.25) is 0 Å². The molecule has 0 aromatic heterocycles. The Balaban J connectivity index is 2.07. The van der Waals surface area contributed by atoms with Crippen molar-refractivity contribution in [2.75, 3.05) is 6.54 Å². The predicted octanol–water partition coefficient (Wildman–Crippen LogP) is 1.00. The number of amides is 1. The molecule has 0 bridgehead atoms. The van der Waals surface area contributed by atoms with E-state index in [9.17, 15) is 4.79 Å². The molecule has 0 spiro atoms. The summed E-state index contributed by atoms with van der Waals surface area (Å²) in [5, 5.41) is 8.65. The average Bonchev–Trinajstić information content (AvgIpc) is 2.54. The van der Waals surface area contributed by atoms with Gasteiger partial charge in [-0.05, 0) is 25.2 Å². The van der Waals surface area contributed by atoms with E-state index in [0.717, 1.165) is 6.54 Å². The molecule has 3 nitrogen and oxygen atoms in total. The molecule has 1 N–H and O–H groups in total. The highest BCUT2D eigenvalue weighted by atomic mass is 16.4. The Morgan fingerprint density at radius 3 is 2.70 bits per heavy atom. The van der Waals surface area contributed by atoms with Crippen LogP contribution in [-0.4, -0.2) is 28.7 Å². The number of piperidine rings is 1. The molecule has 1 aliphatic carbocycles. The van der Waals surface area contributed by atoms with Crippen LogP contribution < -0.4 is 0 Å². The van der Waals surface area contributed by atoms with E-state index >= 15 is 0 Å². The van der Waals surface area contributed by atoms with Gasteiger partial charge in [-0.1, -0.05) is 0 Å². The highest BCUT2D eigenvalue weighted by molar-refractivity contribution is 5.66. The summed E-state index contributed by atoms with van der Waals surface area (Å²) in [6, 6.07) is 0.280. The lowest BCUT2D eigenvalue weighted by Crippen LogP contribution is -2.35. The fraction of sp³-hybridized carbons (Fsp3) is 0.857. The van der Waals surface area contributed by atoms with E-state index in [4.69, 9.17) is 5.11 Å². The molecule has 0 aromatic carbocycles. The van der Waals surface area contributed by atoms with Gasteiger partial charge in [-0.15, -0.1) is 0 Å². The maximum Gasteiger partial charge on any atom is 0.407 e. The molecule has 2 aliphatic rings. The third-order valence-electron chi connectivity index (χ3n) is 2.77. The average molecular weight is 141 g/mol. The maximum absolute atomic E-state index is 10.5. The molecular weight excluding hydrogens is 130 g/mol. The van der Waals surface area contributed by atoms with E-state index in [1.54, 1.807) is 4.90 Å². The molecule has 2 fully saturated rings. The molecule has 3 heteroatoms. The summed E-state index contributed by atoms with van der Waals surface area (Å²) in [5.74, 6) is 1.39. The molecule has 56 valence electrons. The van der Waals surface area contributed by atoms with Crippen LogP contribution in [0.1, 0.15) is 13.3 Å². The van der Waals surface area contributed by atoms with Gasteiger partial charge in [-0.2, -0.15) is 0 Å². The van der Waals surface area contributed by atoms with Gasteiger partial charge in [0.25, 0.3) is 0 Å². The minimum atomic E-state index is -0.750. The Hall–Kier alpha value is -0.730. The Morgan fingerprint density at radius 1 is 1.70 bits per heavy atom. The Labute approximate surface area is 59.6 Å². The van der Waals surface area contributed by atoms with Crippen LogP contribution in [0.2, 0.25) is 0 Å². The number of carboxylic acid groups (broad SMARTS) is 1. The molecule has 1 saturated carbocycles. The molecule has 1 aliphatic heterocycles. The van der Waals surface area contributed by atoms with Gasteiger partial charge in [0.1, 0.15) is 0 Å². The van der Waals surface area contributed by atoms with Gasteiger partial charge < -0.3 is 10.0 Å². The summed E-state index contributed by atoms with van der Waals surface area (Å²) in [6.45, 7) is 2.78. The smallest absolute Gasteiger partial charge is 0.407 e. The van der Waals surface area contributed by atoms with Crippen LogP contribution in [0.25, 0.3) is 0 Å². The molecule has 1 heterocycles. The Bertz CT molecular complexity index is 180. The zero-order valence-corrected chi connectivity index (χ0v) is 5.95. The van der Waals surface area contributed by atoms with Crippen molar-refractivity contribution in [1.29, 1.82) is 0 Å². The highest BCUT2D eigenvalue weighted by Crippen LogP contribution is 2.49. The van der Waals surface area contributed by atoms with Gasteiger partial charge in [0.15, 0.2) is 0 Å². The summed E-state index contributed by atoms with van der Waals surface area (Å²) in [5.41, 5.74) is 0. The number of hydrogen-bond acceptors (Lipinski definition) is 1. The molecule has 1 amide bonds. The van der Waals surface area contributed by atoms with E-state index in [1.807, 2.05) is 6.92 Å². The molecule has 0 unspecified atom stereocenters. The Morgan fingerprint density at radius 2 is 2.40 bits per heavy atom. The summed E-state index contributed by atoms with van der Waals surface area (Å²) in [7, 11) is 0. The SMILES string of the molecule is C[C@@H]1[C@H]2C[C@H]2CN1C(=O)O. The van der Waals surface area contributed by atoms with Crippen molar-refractivity contribution in [1.82, 2.24) is 4.90 Å². The lowest BCUT2D eigenvalue weighted by atomic mass is 10.2. The van der Waals surface area contributed by atoms with Crippen LogP contribution in [0.3, 0.4) is 0 Å². The number of fused-ring (bicyclic) bond motifs is 1. The molecule has 2 rings (SSSR count). The third kappa shape index (κ3) is 0.632. The first kappa shape index (κ1) is 6.01. The first-order valence-electron chi connectivity index (χ1n) is 3.69. The summed E-state index contributed by atoms with van der Waals surface area (Å²) in [6.07, 6.45) is 0.505. The topological polar surface area (TPSA) is 40.5 Å². The van der Waals surface area contributed by atoms with Crippen LogP contribution in [0.15, 0.2) is 0 Å². The van der Waals surface area contributed by atoms with Gasteiger partial charge in [0.05, 0.1) is 0 Å². The van der Waals surface area contributed by atoms with Crippen LogP contribution in [0.4, 0.5) is 4.79 Å². The van der Waals surface area contributed by atoms with E-state index in [0.29, 0.717) is 11.8 Å². The van der Waals surface area contributed by atoms with E-state index in [-0.39, 0.29) is 6.04 Å². The summed E-state index contributed by atoms with van der Waals surface area (Å²) < 4.78 is 0. The molecule has 3 atom stereocenters. The fourth-order valence-electron chi connectivity index (χ4n) is 1.97. The summed E-state index contributed by atoms with van der Waals surface area (Å²) >= 11 is 0. The number of hydrogen-bond donors (Lipinski definition) is 1. The van der Waals surface area contributed by atoms with E-state index in [1.165, 1.54) is 6.42 Å². The van der Waals surface area contributed by atoms with Crippen molar-refractivity contribution in [3.05, 3.63) is 0 Å². The van der Waals surface area contributed by atoms with E-state index in [2.05, 4.69) is 0 Å². The lowest BCUT2D eigenvalue weighted by Gasteiger charge is -2.20. The normalized spacial score (nSPS) is 43.3. The second-order valence-corrected chi connectivity index (χ2v) is 3.34. The molecule has 10 heavy (non-hydrogen) atoms. The van der Waals surface area contributed by atoms with Gasteiger partial charge in [-0.25, -0.2) is 4.79 Å². The predicted molar refractivity (Wildman–Crippen MR) is 35.8 cm³/mol. The number of carbonyl (C=O) groups is 1. The number of likely N-dealkylation sites (tertiary alicyclic amines) is 1. The quantitative estimate of drug-likeness (QED) is 0.546. The molecule has 0 radical (unpaired) electrons. The van der Waals surface area contributed by atoms with Crippen LogP contribution in [-0.2, 0) is 0 Å². The molecular formula is C7H11NO2. The Kier molecular flexibility index (Phi) is 0.993. The second kappa shape index (κ2) is 1.65. The van der Waals surface area contributed by atoms with Crippen molar-refractivity contribution in [2.24, 2.45) is 11.8 Å². The van der Waals surface area contributed by atoms with Crippen molar-refractivity contribution in [3.8, 4) is 0 Å². The van der Waals surface area contributed by atoms with Crippen molar-refractivity contribution >= 4 is 6.09 Å². The highest BCUT2D eigenvalue weighted by Gasteiger charge is 2.51. The minimum absolute atomic E-state index is 0.280. The van der Waals surface area contributed by atoms with Crippen LogP contribution in [0.5, 0.6) is 0 Å². The lowest BCUT2D eigenvalue weighted by molar-refractivity contribution is 0.135. The van der Waals surface area contributed by atoms with Gasteiger partial charge >= 0.3 is 6.09 Å². The van der Waals surface area contributed by atoms with Gasteiger partial charge in [0, 0.05) is 12.6 Å². The first-order chi connectivity index (χ1) is 4.70. The van der Waals surface area contributed by atoms with Crippen molar-refractivity contribution < 1.29 is 9.90 Å². The maximum atomic E-state index is 10.5. The number of rotatable bonds is 0. The third-order valence-corrected chi connectivity index (χ3v) is 2.77. The monoisotopic (exact) mass is 141 g/mol. The van der Waals surface area contributed by atoms with Crippen LogP contribution in [0, 0.1) is 11.8 Å². The van der Waals surface area contributed by atoms with E-state index < -0.39 is 6.09 Å². The van der Waals surface area contributed by atoms with Gasteiger partial charge in [-0.3, -0.25) is 0 Å². The zero-order chi connectivity index (χ0) is 7.30. The zero-order valence-electron chi connectivity index (χ0n) is 5.95.